The van der Waals surface area contributed by atoms with E-state index in [2.05, 4.69) is 0 Å². The predicted octanol–water partition coefficient (Wildman–Crippen LogP) is 2.66. The molecule has 116 valence electrons. The number of carbonyl (C=O) groups excluding carboxylic acids is 1. The van der Waals surface area contributed by atoms with Gasteiger partial charge in [0.1, 0.15) is 17.1 Å². The molecular weight excluding hydrogens is 288 g/mol. The molecule has 22 heavy (non-hydrogen) atoms. The molecule has 0 saturated heterocycles. The Balaban J connectivity index is 0.000000224. The maximum absolute atomic E-state index is 11.1. The van der Waals surface area contributed by atoms with Gasteiger partial charge in [-0.2, -0.15) is 0 Å². The lowest BCUT2D eigenvalue weighted by Gasteiger charge is -2.00. The fourth-order valence-electron chi connectivity index (χ4n) is 1.47. The molecule has 0 bridgehead atoms. The van der Waals surface area contributed by atoms with Crippen molar-refractivity contribution >= 4 is 11.9 Å². The van der Waals surface area contributed by atoms with Crippen LogP contribution in [0.3, 0.4) is 0 Å². The first kappa shape index (κ1) is 17.0. The van der Waals surface area contributed by atoms with Crippen LogP contribution in [0.2, 0.25) is 0 Å². The van der Waals surface area contributed by atoms with Crippen molar-refractivity contribution in [3.05, 3.63) is 59.7 Å². The molecule has 6 heteroatoms. The molecule has 0 radical (unpaired) electrons. The Kier molecular flexibility index (Phi) is 6.43. The van der Waals surface area contributed by atoms with Gasteiger partial charge in [-0.15, -0.1) is 0 Å². The van der Waals surface area contributed by atoms with E-state index >= 15 is 0 Å². The zero-order chi connectivity index (χ0) is 16.5. The molecule has 3 N–H and O–H groups in total. The highest BCUT2D eigenvalue weighted by atomic mass is 16.5. The number of esters is 1. The molecule has 0 spiro atoms. The van der Waals surface area contributed by atoms with Crippen molar-refractivity contribution in [1.82, 2.24) is 0 Å². The van der Waals surface area contributed by atoms with Gasteiger partial charge in [-0.3, -0.25) is 0 Å². The average Bonchev–Trinajstić information content (AvgIpc) is 2.49. The lowest BCUT2D eigenvalue weighted by atomic mass is 10.2. The average molecular weight is 304 g/mol. The fourth-order valence-corrected chi connectivity index (χ4v) is 1.47. The molecule has 0 heterocycles. The first-order chi connectivity index (χ1) is 10.5. The van der Waals surface area contributed by atoms with Gasteiger partial charge < -0.3 is 20.1 Å². The van der Waals surface area contributed by atoms with Gasteiger partial charge in [0.15, 0.2) is 0 Å². The van der Waals surface area contributed by atoms with Crippen LogP contribution >= 0.6 is 0 Å². The van der Waals surface area contributed by atoms with E-state index < -0.39 is 5.97 Å². The molecule has 0 aliphatic carbocycles. The second-order valence-electron chi connectivity index (χ2n) is 4.09. The number of aromatic hydroxyl groups is 2. The van der Waals surface area contributed by atoms with Crippen molar-refractivity contribution in [2.45, 2.75) is 6.92 Å². The summed E-state index contributed by atoms with van der Waals surface area (Å²) >= 11 is 0. The molecule has 6 nitrogen and oxygen atoms in total. The maximum atomic E-state index is 11.1. The highest BCUT2D eigenvalue weighted by molar-refractivity contribution is 5.90. The second-order valence-corrected chi connectivity index (χ2v) is 4.09. The van der Waals surface area contributed by atoms with Crippen LogP contribution in [0, 0.1) is 0 Å². The summed E-state index contributed by atoms with van der Waals surface area (Å²) in [6, 6.07) is 11.8. The van der Waals surface area contributed by atoms with E-state index in [0.29, 0.717) is 12.2 Å². The summed E-state index contributed by atoms with van der Waals surface area (Å²) in [4.78, 5) is 21.3. The molecule has 0 unspecified atom stereocenters. The third kappa shape index (κ3) is 5.16. The summed E-state index contributed by atoms with van der Waals surface area (Å²) < 4.78 is 4.75. The minimum atomic E-state index is -1.11. The van der Waals surface area contributed by atoms with Gasteiger partial charge in [-0.05, 0) is 43.3 Å². The van der Waals surface area contributed by atoms with Crippen molar-refractivity contribution in [3.8, 4) is 11.5 Å². The van der Waals surface area contributed by atoms with Crippen molar-refractivity contribution in [1.29, 1.82) is 0 Å². The molecule has 2 rings (SSSR count). The first-order valence-corrected chi connectivity index (χ1v) is 6.43. The van der Waals surface area contributed by atoms with Crippen LogP contribution in [0.4, 0.5) is 0 Å². The summed E-state index contributed by atoms with van der Waals surface area (Å²) in [5.74, 6) is -1.53. The van der Waals surface area contributed by atoms with E-state index in [1.165, 1.54) is 36.4 Å². The number of ether oxygens (including phenoxy) is 1. The zero-order valence-electron chi connectivity index (χ0n) is 11.9. The molecule has 0 aliphatic heterocycles. The van der Waals surface area contributed by atoms with Crippen molar-refractivity contribution in [3.63, 3.8) is 0 Å². The molecule has 2 aromatic rings. The predicted molar refractivity (Wildman–Crippen MR) is 79.1 cm³/mol. The maximum Gasteiger partial charge on any atom is 0.339 e. The molecule has 0 saturated carbocycles. The summed E-state index contributed by atoms with van der Waals surface area (Å²) in [6.45, 7) is 2.11. The van der Waals surface area contributed by atoms with E-state index in [9.17, 15) is 9.59 Å². The number of aromatic carboxylic acids is 1. The minimum absolute atomic E-state index is 0.0671. The van der Waals surface area contributed by atoms with Crippen LogP contribution in [0.1, 0.15) is 27.6 Å². The molecule has 2 aromatic carbocycles. The van der Waals surface area contributed by atoms with Gasteiger partial charge in [0.05, 0.1) is 12.2 Å². The second kappa shape index (κ2) is 8.31. The van der Waals surface area contributed by atoms with Crippen LogP contribution in [0.25, 0.3) is 0 Å². The topological polar surface area (TPSA) is 104 Å². The van der Waals surface area contributed by atoms with E-state index in [-0.39, 0.29) is 23.0 Å². The number of rotatable bonds is 3. The van der Waals surface area contributed by atoms with Crippen LogP contribution in [-0.4, -0.2) is 33.9 Å². The van der Waals surface area contributed by atoms with Crippen LogP contribution in [-0.2, 0) is 4.74 Å². The SMILES string of the molecule is CCOC(=O)c1ccc(O)cc1.O=C(O)c1ccccc1O. The zero-order valence-corrected chi connectivity index (χ0v) is 11.9. The number of carbonyl (C=O) groups is 2. The Labute approximate surface area is 127 Å². The van der Waals surface area contributed by atoms with E-state index in [1.807, 2.05) is 0 Å². The Hall–Kier alpha value is -3.02. The van der Waals surface area contributed by atoms with Crippen molar-refractivity contribution in [2.24, 2.45) is 0 Å². The third-order valence-electron chi connectivity index (χ3n) is 2.51. The number of phenolic OH excluding ortho intramolecular Hbond substituents is 1. The molecule has 0 aromatic heterocycles. The summed E-state index contributed by atoms with van der Waals surface area (Å²) in [7, 11) is 0. The van der Waals surface area contributed by atoms with E-state index in [1.54, 1.807) is 19.1 Å². The Bertz CT molecular complexity index is 633. The number of para-hydroxylation sites is 1. The number of carboxylic acids is 1. The Morgan fingerprint density at radius 2 is 1.59 bits per heavy atom. The number of phenols is 2. The lowest BCUT2D eigenvalue weighted by molar-refractivity contribution is 0.0525. The number of carboxylic acid groups (broad SMARTS) is 1. The molecule has 0 amide bonds. The minimum Gasteiger partial charge on any atom is -0.508 e. The summed E-state index contributed by atoms with van der Waals surface area (Å²) in [6.07, 6.45) is 0. The van der Waals surface area contributed by atoms with Crippen LogP contribution < -0.4 is 0 Å². The largest absolute Gasteiger partial charge is 0.508 e. The highest BCUT2D eigenvalue weighted by Gasteiger charge is 2.06. The number of benzene rings is 2. The van der Waals surface area contributed by atoms with E-state index in [0.717, 1.165) is 0 Å². The highest BCUT2D eigenvalue weighted by Crippen LogP contribution is 2.14. The van der Waals surface area contributed by atoms with Crippen molar-refractivity contribution in [2.75, 3.05) is 6.61 Å². The number of hydrogen-bond acceptors (Lipinski definition) is 5. The third-order valence-corrected chi connectivity index (χ3v) is 2.51. The smallest absolute Gasteiger partial charge is 0.339 e. The van der Waals surface area contributed by atoms with Gasteiger partial charge in [-0.25, -0.2) is 9.59 Å². The van der Waals surface area contributed by atoms with Gasteiger partial charge >= 0.3 is 11.9 Å². The van der Waals surface area contributed by atoms with Gasteiger partial charge in [-0.1, -0.05) is 12.1 Å². The molecule has 0 fully saturated rings. The Morgan fingerprint density at radius 3 is 2.05 bits per heavy atom. The molecular formula is C16H16O6. The van der Waals surface area contributed by atoms with Gasteiger partial charge in [0, 0.05) is 0 Å². The van der Waals surface area contributed by atoms with Crippen LogP contribution in [0.15, 0.2) is 48.5 Å². The number of hydrogen-bond donors (Lipinski definition) is 3. The van der Waals surface area contributed by atoms with Crippen molar-refractivity contribution < 1.29 is 29.6 Å². The molecule has 0 aliphatic rings. The van der Waals surface area contributed by atoms with E-state index in [4.69, 9.17) is 20.1 Å². The Morgan fingerprint density at radius 1 is 1.00 bits per heavy atom. The van der Waals surface area contributed by atoms with Gasteiger partial charge in [0.2, 0.25) is 0 Å². The lowest BCUT2D eigenvalue weighted by Crippen LogP contribution is -2.03. The quantitative estimate of drug-likeness (QED) is 0.753. The first-order valence-electron chi connectivity index (χ1n) is 6.43. The standard InChI is InChI=1S/C9H10O3.C7H6O3/c1-2-12-9(11)7-3-5-8(10)6-4-7;8-6-4-2-1-3-5(6)7(9)10/h3-6,10H,2H2,1H3;1-4,8H,(H,9,10). The summed E-state index contributed by atoms with van der Waals surface area (Å²) in [5.41, 5.74) is 0.386. The fraction of sp³-hybridized carbons (Fsp3) is 0.125. The molecule has 0 atom stereocenters. The van der Waals surface area contributed by atoms with Crippen LogP contribution in [0.5, 0.6) is 11.5 Å². The van der Waals surface area contributed by atoms with Gasteiger partial charge in [0.25, 0.3) is 0 Å². The normalized spacial score (nSPS) is 9.32. The monoisotopic (exact) mass is 304 g/mol. The summed E-state index contributed by atoms with van der Waals surface area (Å²) in [5, 5.41) is 26.2.